The number of likely N-dealkylation sites (tertiary alicyclic amines) is 1. The minimum atomic E-state index is -0.123. The van der Waals surface area contributed by atoms with Crippen LogP contribution in [0.5, 0.6) is 5.75 Å². The van der Waals surface area contributed by atoms with Crippen molar-refractivity contribution in [1.82, 2.24) is 15.2 Å². The molecular weight excluding hydrogens is 458 g/mol. The van der Waals surface area contributed by atoms with Gasteiger partial charge in [0, 0.05) is 45.6 Å². The Morgan fingerprint density at radius 2 is 1.97 bits per heavy atom. The average Bonchev–Trinajstić information content (AvgIpc) is 3.42. The Morgan fingerprint density at radius 3 is 2.67 bits per heavy atom. The highest BCUT2D eigenvalue weighted by atomic mass is 35.5. The molecule has 2 aliphatic rings. The second kappa shape index (κ2) is 8.38. The maximum atomic E-state index is 12.1. The lowest BCUT2D eigenvalue weighted by Crippen LogP contribution is -2.44. The fraction of sp³-hybridized carbons (Fsp3) is 0.400. The van der Waals surface area contributed by atoms with Gasteiger partial charge in [0.25, 0.3) is 0 Å². The molecule has 1 atom stereocenters. The number of carbonyl (C=O) groups excluding carboxylic acids is 2. The van der Waals surface area contributed by atoms with Crippen molar-refractivity contribution in [3.63, 3.8) is 0 Å². The summed E-state index contributed by atoms with van der Waals surface area (Å²) in [4.78, 5) is 31.0. The molecule has 2 amide bonds. The molecular formula is C25H26ClN3O3S. The zero-order chi connectivity index (χ0) is 23.3. The molecule has 172 valence electrons. The van der Waals surface area contributed by atoms with Gasteiger partial charge < -0.3 is 10.1 Å². The molecule has 6 nitrogen and oxygen atoms in total. The number of aromatic nitrogens is 1. The third kappa shape index (κ3) is 4.14. The summed E-state index contributed by atoms with van der Waals surface area (Å²) in [5, 5.41) is 4.16. The highest BCUT2D eigenvalue weighted by Crippen LogP contribution is 2.43. The molecule has 0 bridgehead atoms. The molecule has 0 radical (unpaired) electrons. The van der Waals surface area contributed by atoms with E-state index >= 15 is 0 Å². The molecule has 0 saturated carbocycles. The number of aryl methyl sites for hydroxylation is 1. The fourth-order valence-corrected chi connectivity index (χ4v) is 6.07. The van der Waals surface area contributed by atoms with Crippen LogP contribution in [0.4, 0.5) is 0 Å². The molecule has 2 fully saturated rings. The van der Waals surface area contributed by atoms with Gasteiger partial charge in [0.15, 0.2) is 0 Å². The number of benzene rings is 1. The number of halogens is 1. The number of carbonyl (C=O) groups is 2. The number of rotatable bonds is 5. The summed E-state index contributed by atoms with van der Waals surface area (Å²) in [6, 6.07) is 7.81. The van der Waals surface area contributed by atoms with E-state index in [0.717, 1.165) is 50.5 Å². The summed E-state index contributed by atoms with van der Waals surface area (Å²) >= 11 is 8.04. The van der Waals surface area contributed by atoms with Gasteiger partial charge in [-0.25, -0.2) is 0 Å². The van der Waals surface area contributed by atoms with Crippen molar-refractivity contribution in [2.45, 2.75) is 58.2 Å². The quantitative estimate of drug-likeness (QED) is 0.511. The van der Waals surface area contributed by atoms with Crippen molar-refractivity contribution in [3.05, 3.63) is 45.9 Å². The molecule has 0 aliphatic carbocycles. The first-order valence-electron chi connectivity index (χ1n) is 11.2. The zero-order valence-corrected chi connectivity index (χ0v) is 20.5. The van der Waals surface area contributed by atoms with E-state index in [9.17, 15) is 9.59 Å². The highest BCUT2D eigenvalue weighted by molar-refractivity contribution is 7.19. The molecule has 1 unspecified atom stereocenters. The third-order valence-corrected chi connectivity index (χ3v) is 7.87. The molecule has 3 aromatic rings. The van der Waals surface area contributed by atoms with Crippen molar-refractivity contribution in [1.29, 1.82) is 0 Å². The van der Waals surface area contributed by atoms with E-state index in [2.05, 4.69) is 24.1 Å². The van der Waals surface area contributed by atoms with Crippen LogP contribution in [0.15, 0.2) is 30.5 Å². The minimum absolute atomic E-state index is 0.0412. The molecule has 33 heavy (non-hydrogen) atoms. The second-order valence-electron chi connectivity index (χ2n) is 9.30. The van der Waals surface area contributed by atoms with E-state index in [1.54, 1.807) is 17.5 Å². The fourth-order valence-electron chi connectivity index (χ4n) is 4.67. The number of imide groups is 1. The van der Waals surface area contributed by atoms with Crippen LogP contribution < -0.4 is 10.1 Å². The number of nitrogens with one attached hydrogen (secondary N) is 1. The Kier molecular flexibility index (Phi) is 5.67. The number of hydrogen-bond donors (Lipinski definition) is 1. The van der Waals surface area contributed by atoms with Crippen molar-refractivity contribution in [2.24, 2.45) is 0 Å². The number of fused-ring (bicyclic) bond motifs is 1. The molecule has 2 aromatic heterocycles. The molecule has 4 heterocycles. The van der Waals surface area contributed by atoms with Gasteiger partial charge in [-0.05, 0) is 63.6 Å². The third-order valence-electron chi connectivity index (χ3n) is 6.51. The van der Waals surface area contributed by atoms with Crippen molar-refractivity contribution in [2.75, 3.05) is 6.54 Å². The van der Waals surface area contributed by atoms with Crippen LogP contribution in [0.3, 0.4) is 0 Å². The van der Waals surface area contributed by atoms with Gasteiger partial charge in [-0.15, -0.1) is 11.3 Å². The Morgan fingerprint density at radius 1 is 1.21 bits per heavy atom. The van der Waals surface area contributed by atoms with Crippen molar-refractivity contribution < 1.29 is 14.3 Å². The SMILES string of the molecule is Cc1cc(Cl)cc(-c2ccnc3cc(CN4C(=O)CCC4=O)sc23)c1OC1CCNC1(C)C. The molecule has 2 aliphatic heterocycles. The van der Waals surface area contributed by atoms with E-state index in [4.69, 9.17) is 16.3 Å². The van der Waals surface area contributed by atoms with Gasteiger partial charge in [0.05, 0.1) is 16.8 Å². The molecule has 0 spiro atoms. The van der Waals surface area contributed by atoms with E-state index in [1.165, 1.54) is 4.90 Å². The summed E-state index contributed by atoms with van der Waals surface area (Å²) in [6.07, 6.45) is 3.34. The van der Waals surface area contributed by atoms with E-state index in [-0.39, 0.29) is 30.0 Å². The Hall–Kier alpha value is -2.48. The Balaban J connectivity index is 1.57. The number of ether oxygens (including phenoxy) is 1. The van der Waals surface area contributed by atoms with Crippen LogP contribution >= 0.6 is 22.9 Å². The molecule has 1 aromatic carbocycles. The molecule has 1 N–H and O–H groups in total. The summed E-state index contributed by atoms with van der Waals surface area (Å²) in [5.41, 5.74) is 3.60. The summed E-state index contributed by atoms with van der Waals surface area (Å²) < 4.78 is 7.61. The molecule has 5 rings (SSSR count). The number of nitrogens with zero attached hydrogens (tertiary/aromatic N) is 2. The van der Waals surface area contributed by atoms with Crippen molar-refractivity contribution in [3.8, 4) is 16.9 Å². The monoisotopic (exact) mass is 483 g/mol. The van der Waals surface area contributed by atoms with Crippen LogP contribution in [0, 0.1) is 6.92 Å². The standard InChI is InChI=1S/C25H26ClN3O3S/c1-14-10-15(26)11-18(23(14)32-20-7-9-28-25(20,2)3)17-6-8-27-19-12-16(33-24(17)19)13-29-21(30)4-5-22(29)31/h6,8,10-12,20,28H,4-5,7,9,13H2,1-3H3. The van der Waals surface area contributed by atoms with Crippen molar-refractivity contribution >= 4 is 45.0 Å². The maximum Gasteiger partial charge on any atom is 0.230 e. The second-order valence-corrected chi connectivity index (χ2v) is 10.9. The minimum Gasteiger partial charge on any atom is -0.488 e. The van der Waals surface area contributed by atoms with Gasteiger partial charge in [0.1, 0.15) is 11.9 Å². The van der Waals surface area contributed by atoms with Gasteiger partial charge in [-0.1, -0.05) is 11.6 Å². The lowest BCUT2D eigenvalue weighted by molar-refractivity contribution is -0.138. The topological polar surface area (TPSA) is 71.5 Å². The molecule has 8 heteroatoms. The predicted octanol–water partition coefficient (Wildman–Crippen LogP) is 5.09. The number of amides is 2. The summed E-state index contributed by atoms with van der Waals surface area (Å²) in [5.74, 6) is 0.604. The van der Waals surface area contributed by atoms with Crippen LogP contribution in [-0.2, 0) is 16.1 Å². The van der Waals surface area contributed by atoms with Gasteiger partial charge in [0.2, 0.25) is 11.8 Å². The van der Waals surface area contributed by atoms with Crippen LogP contribution in [0.1, 0.15) is 43.6 Å². The lowest BCUT2D eigenvalue weighted by atomic mass is 9.98. The van der Waals surface area contributed by atoms with Crippen LogP contribution in [-0.4, -0.2) is 39.9 Å². The Bertz CT molecular complexity index is 1250. The smallest absolute Gasteiger partial charge is 0.230 e. The first kappa shape index (κ1) is 22.3. The largest absolute Gasteiger partial charge is 0.488 e. The molecule has 2 saturated heterocycles. The number of thiophene rings is 1. The Labute approximate surface area is 201 Å². The first-order valence-corrected chi connectivity index (χ1v) is 12.4. The number of hydrogen-bond acceptors (Lipinski definition) is 6. The van der Waals surface area contributed by atoms with E-state index in [1.807, 2.05) is 31.2 Å². The lowest BCUT2D eigenvalue weighted by Gasteiger charge is -2.29. The van der Waals surface area contributed by atoms with Crippen LogP contribution in [0.2, 0.25) is 5.02 Å². The summed E-state index contributed by atoms with van der Waals surface area (Å²) in [7, 11) is 0. The van der Waals surface area contributed by atoms with Gasteiger partial charge in [-0.3, -0.25) is 19.5 Å². The van der Waals surface area contributed by atoms with E-state index < -0.39 is 0 Å². The van der Waals surface area contributed by atoms with Gasteiger partial charge in [-0.2, -0.15) is 0 Å². The average molecular weight is 484 g/mol. The zero-order valence-electron chi connectivity index (χ0n) is 18.9. The highest BCUT2D eigenvalue weighted by Gasteiger charge is 2.37. The summed E-state index contributed by atoms with van der Waals surface area (Å²) in [6.45, 7) is 7.54. The normalized spacial score (nSPS) is 20.2. The first-order chi connectivity index (χ1) is 15.7. The van der Waals surface area contributed by atoms with Crippen LogP contribution in [0.25, 0.3) is 21.3 Å². The predicted molar refractivity (Wildman–Crippen MR) is 131 cm³/mol. The van der Waals surface area contributed by atoms with Gasteiger partial charge >= 0.3 is 0 Å². The van der Waals surface area contributed by atoms with E-state index in [0.29, 0.717) is 17.9 Å². The number of pyridine rings is 1. The maximum absolute atomic E-state index is 12.1.